The third kappa shape index (κ3) is 3.62. The van der Waals surface area contributed by atoms with Gasteiger partial charge in [0.05, 0.1) is 12.0 Å². The number of amides is 1. The third-order valence-electron chi connectivity index (χ3n) is 6.88. The summed E-state index contributed by atoms with van der Waals surface area (Å²) in [6.45, 7) is 4.29. The summed E-state index contributed by atoms with van der Waals surface area (Å²) < 4.78 is 2.45. The molecule has 2 aliphatic heterocycles. The second-order valence-electron chi connectivity index (χ2n) is 8.61. The minimum absolute atomic E-state index is 0.324. The van der Waals surface area contributed by atoms with Crippen LogP contribution in [0.3, 0.4) is 0 Å². The summed E-state index contributed by atoms with van der Waals surface area (Å²) in [6.07, 6.45) is 15.1. The lowest BCUT2D eigenvalue weighted by Crippen LogP contribution is -2.50. The Morgan fingerprint density at radius 1 is 1.16 bits per heavy atom. The smallest absolute Gasteiger partial charge is 0.222 e. The minimum Gasteiger partial charge on any atom is -0.345 e. The van der Waals surface area contributed by atoms with Gasteiger partial charge in [-0.25, -0.2) is 4.98 Å². The van der Waals surface area contributed by atoms with Crippen LogP contribution in [0.15, 0.2) is 12.5 Å². The van der Waals surface area contributed by atoms with Crippen molar-refractivity contribution < 1.29 is 4.79 Å². The Balaban J connectivity index is 1.35. The SMILES string of the molecule is CN1CC2(CCC1=O)CCN(Cc1cncn1C1CCCCC1)CC2. The minimum atomic E-state index is 0.324. The zero-order chi connectivity index (χ0) is 17.3. The van der Waals surface area contributed by atoms with Gasteiger partial charge >= 0.3 is 0 Å². The van der Waals surface area contributed by atoms with Crippen LogP contribution >= 0.6 is 0 Å². The van der Waals surface area contributed by atoms with Crippen LogP contribution in [0.4, 0.5) is 0 Å². The van der Waals surface area contributed by atoms with Gasteiger partial charge in [-0.1, -0.05) is 19.3 Å². The van der Waals surface area contributed by atoms with E-state index in [0.717, 1.165) is 39.0 Å². The van der Waals surface area contributed by atoms with Gasteiger partial charge < -0.3 is 9.47 Å². The Morgan fingerprint density at radius 3 is 2.64 bits per heavy atom. The molecule has 1 amide bonds. The maximum absolute atomic E-state index is 11.8. The fourth-order valence-corrected chi connectivity index (χ4v) is 5.20. The third-order valence-corrected chi connectivity index (χ3v) is 6.88. The molecule has 0 radical (unpaired) electrons. The number of carbonyl (C=O) groups is 1. The van der Waals surface area contributed by atoms with Gasteiger partial charge in [-0.15, -0.1) is 0 Å². The average molecular weight is 345 g/mol. The number of carbonyl (C=O) groups excluding carboxylic acids is 1. The normalized spacial score (nSPS) is 25.6. The van der Waals surface area contributed by atoms with E-state index in [0.29, 0.717) is 17.4 Å². The van der Waals surface area contributed by atoms with Crippen molar-refractivity contribution in [2.24, 2.45) is 5.41 Å². The van der Waals surface area contributed by atoms with Gasteiger partial charge in [-0.05, 0) is 50.6 Å². The van der Waals surface area contributed by atoms with E-state index in [1.54, 1.807) is 0 Å². The van der Waals surface area contributed by atoms with Gasteiger partial charge in [-0.3, -0.25) is 9.69 Å². The van der Waals surface area contributed by atoms with Gasteiger partial charge in [-0.2, -0.15) is 0 Å². The molecule has 0 bridgehead atoms. The quantitative estimate of drug-likeness (QED) is 0.845. The molecule has 1 aromatic rings. The molecule has 3 fully saturated rings. The molecule has 4 rings (SSSR count). The van der Waals surface area contributed by atoms with E-state index in [2.05, 4.69) is 27.0 Å². The summed E-state index contributed by atoms with van der Waals surface area (Å²) >= 11 is 0. The molecule has 25 heavy (non-hydrogen) atoms. The van der Waals surface area contributed by atoms with Crippen LogP contribution in [0, 0.1) is 5.41 Å². The first-order chi connectivity index (χ1) is 12.2. The van der Waals surface area contributed by atoms with Crippen molar-refractivity contribution >= 4 is 5.91 Å². The average Bonchev–Trinajstić information content (AvgIpc) is 3.10. The highest BCUT2D eigenvalue weighted by Crippen LogP contribution is 2.40. The summed E-state index contributed by atoms with van der Waals surface area (Å²) in [5.41, 5.74) is 1.77. The largest absolute Gasteiger partial charge is 0.345 e. The van der Waals surface area contributed by atoms with Crippen molar-refractivity contribution in [2.75, 3.05) is 26.7 Å². The number of hydrogen-bond donors (Lipinski definition) is 0. The van der Waals surface area contributed by atoms with Gasteiger partial charge in [0.2, 0.25) is 5.91 Å². The van der Waals surface area contributed by atoms with Crippen LogP contribution in [0.5, 0.6) is 0 Å². The Kier molecular flexibility index (Phi) is 4.85. The predicted molar refractivity (Wildman–Crippen MR) is 98.2 cm³/mol. The number of piperidine rings is 2. The molecule has 0 aromatic carbocycles. The Labute approximate surface area is 151 Å². The van der Waals surface area contributed by atoms with Crippen LogP contribution in [0.25, 0.3) is 0 Å². The molecule has 5 nitrogen and oxygen atoms in total. The Morgan fingerprint density at radius 2 is 1.92 bits per heavy atom. The van der Waals surface area contributed by atoms with Gasteiger partial charge in [0.25, 0.3) is 0 Å². The molecule has 138 valence electrons. The van der Waals surface area contributed by atoms with Crippen LogP contribution in [0.2, 0.25) is 0 Å². The second-order valence-corrected chi connectivity index (χ2v) is 8.61. The fourth-order valence-electron chi connectivity index (χ4n) is 5.20. The van der Waals surface area contributed by atoms with Gasteiger partial charge in [0, 0.05) is 38.8 Å². The number of imidazole rings is 1. The van der Waals surface area contributed by atoms with E-state index in [4.69, 9.17) is 0 Å². The van der Waals surface area contributed by atoms with Crippen molar-refractivity contribution in [3.63, 3.8) is 0 Å². The highest BCUT2D eigenvalue weighted by atomic mass is 16.2. The van der Waals surface area contributed by atoms with E-state index >= 15 is 0 Å². The molecule has 0 unspecified atom stereocenters. The van der Waals surface area contributed by atoms with Crippen LogP contribution in [0.1, 0.15) is 69.5 Å². The standard InChI is InChI=1S/C20H32N4O/c1-22-15-20(8-7-19(22)25)9-11-23(12-10-20)14-18-13-21-16-24(18)17-5-3-2-4-6-17/h13,16-17H,2-12,14-15H2,1H3. The van der Waals surface area contributed by atoms with Crippen LogP contribution < -0.4 is 0 Å². The maximum Gasteiger partial charge on any atom is 0.222 e. The van der Waals surface area contributed by atoms with Crippen molar-refractivity contribution in [1.29, 1.82) is 0 Å². The molecule has 3 aliphatic rings. The molecule has 1 spiro atoms. The lowest BCUT2D eigenvalue weighted by Gasteiger charge is -2.46. The molecule has 1 aromatic heterocycles. The molecule has 1 aliphatic carbocycles. The molecule has 1 saturated carbocycles. The highest BCUT2D eigenvalue weighted by molar-refractivity contribution is 5.76. The molecule has 0 N–H and O–H groups in total. The lowest BCUT2D eigenvalue weighted by molar-refractivity contribution is -0.137. The molecule has 5 heteroatoms. The number of aromatic nitrogens is 2. The molecule has 2 saturated heterocycles. The summed E-state index contributed by atoms with van der Waals surface area (Å²) in [5.74, 6) is 0.324. The zero-order valence-electron chi connectivity index (χ0n) is 15.6. The summed E-state index contributed by atoms with van der Waals surface area (Å²) in [7, 11) is 1.97. The van der Waals surface area contributed by atoms with E-state index in [9.17, 15) is 4.79 Å². The Hall–Kier alpha value is -1.36. The molecular weight excluding hydrogens is 312 g/mol. The topological polar surface area (TPSA) is 41.4 Å². The monoisotopic (exact) mass is 344 g/mol. The van der Waals surface area contributed by atoms with Crippen molar-refractivity contribution in [3.8, 4) is 0 Å². The molecular formula is C20H32N4O. The summed E-state index contributed by atoms with van der Waals surface area (Å²) in [4.78, 5) is 20.8. The summed E-state index contributed by atoms with van der Waals surface area (Å²) in [5, 5.41) is 0. The van der Waals surface area contributed by atoms with Crippen molar-refractivity contribution in [1.82, 2.24) is 19.4 Å². The first kappa shape index (κ1) is 17.1. The first-order valence-corrected chi connectivity index (χ1v) is 10.1. The lowest BCUT2D eigenvalue weighted by atomic mass is 9.72. The zero-order valence-corrected chi connectivity index (χ0v) is 15.6. The van der Waals surface area contributed by atoms with Crippen molar-refractivity contribution in [2.45, 2.75) is 70.4 Å². The van der Waals surface area contributed by atoms with Gasteiger partial charge in [0.15, 0.2) is 0 Å². The number of nitrogens with zero attached hydrogens (tertiary/aromatic N) is 4. The van der Waals surface area contributed by atoms with E-state index in [1.807, 2.05) is 11.9 Å². The number of rotatable bonds is 3. The second kappa shape index (κ2) is 7.10. The number of hydrogen-bond acceptors (Lipinski definition) is 3. The Bertz CT molecular complexity index is 597. The predicted octanol–water partition coefficient (Wildman–Crippen LogP) is 3.22. The first-order valence-electron chi connectivity index (χ1n) is 10.1. The van der Waals surface area contributed by atoms with Crippen LogP contribution in [-0.2, 0) is 11.3 Å². The van der Waals surface area contributed by atoms with Crippen molar-refractivity contribution in [3.05, 3.63) is 18.2 Å². The highest BCUT2D eigenvalue weighted by Gasteiger charge is 2.39. The summed E-state index contributed by atoms with van der Waals surface area (Å²) in [6, 6.07) is 0.667. The van der Waals surface area contributed by atoms with Gasteiger partial charge in [0.1, 0.15) is 0 Å². The van der Waals surface area contributed by atoms with Crippen LogP contribution in [-0.4, -0.2) is 51.9 Å². The van der Waals surface area contributed by atoms with E-state index in [-0.39, 0.29) is 0 Å². The fraction of sp³-hybridized carbons (Fsp3) is 0.800. The number of likely N-dealkylation sites (tertiary alicyclic amines) is 2. The van der Waals surface area contributed by atoms with E-state index in [1.165, 1.54) is 50.6 Å². The van der Waals surface area contributed by atoms with E-state index < -0.39 is 0 Å². The maximum atomic E-state index is 11.8. The molecule has 3 heterocycles. The molecule has 0 atom stereocenters.